The lowest BCUT2D eigenvalue weighted by Crippen LogP contribution is -1.96. The molecule has 0 bridgehead atoms. The Morgan fingerprint density at radius 1 is 1.31 bits per heavy atom. The van der Waals surface area contributed by atoms with Crippen LogP contribution in [0.4, 0.5) is 0 Å². The molecule has 0 amide bonds. The van der Waals surface area contributed by atoms with Crippen molar-refractivity contribution in [2.45, 2.75) is 19.3 Å². The first-order chi connectivity index (χ1) is 6.34. The van der Waals surface area contributed by atoms with E-state index in [-0.39, 0.29) is 0 Å². The molecule has 0 fully saturated rings. The van der Waals surface area contributed by atoms with Crippen LogP contribution in [-0.4, -0.2) is 6.54 Å². The zero-order valence-corrected chi connectivity index (χ0v) is 8.11. The monoisotopic (exact) mass is 175 g/mol. The van der Waals surface area contributed by atoms with Gasteiger partial charge in [-0.15, -0.1) is 0 Å². The highest BCUT2D eigenvalue weighted by atomic mass is 14.5. The molecule has 0 heterocycles. The summed E-state index contributed by atoms with van der Waals surface area (Å²) in [5.74, 6) is 0.493. The van der Waals surface area contributed by atoms with Gasteiger partial charge in [0.25, 0.3) is 0 Å². The topological polar surface area (TPSA) is 26.0 Å². The quantitative estimate of drug-likeness (QED) is 0.699. The SMILES string of the molecule is CC(/C=C/CCN)c1ccccc1. The summed E-state index contributed by atoms with van der Waals surface area (Å²) < 4.78 is 0. The Labute approximate surface area is 80.3 Å². The summed E-state index contributed by atoms with van der Waals surface area (Å²) in [6.07, 6.45) is 5.33. The van der Waals surface area contributed by atoms with E-state index in [0.717, 1.165) is 13.0 Å². The van der Waals surface area contributed by atoms with Crippen LogP contribution < -0.4 is 5.73 Å². The molecule has 70 valence electrons. The summed E-state index contributed by atoms with van der Waals surface area (Å²) in [4.78, 5) is 0. The Kier molecular flexibility index (Phi) is 4.27. The van der Waals surface area contributed by atoms with E-state index in [1.54, 1.807) is 0 Å². The van der Waals surface area contributed by atoms with Crippen LogP contribution in [-0.2, 0) is 0 Å². The lowest BCUT2D eigenvalue weighted by atomic mass is 10.0. The summed E-state index contributed by atoms with van der Waals surface area (Å²) in [6.45, 7) is 2.93. The van der Waals surface area contributed by atoms with Crippen molar-refractivity contribution in [3.8, 4) is 0 Å². The maximum Gasteiger partial charge on any atom is -0.00104 e. The molecule has 13 heavy (non-hydrogen) atoms. The first-order valence-electron chi connectivity index (χ1n) is 4.76. The van der Waals surface area contributed by atoms with Crippen LogP contribution in [0.1, 0.15) is 24.8 Å². The molecule has 0 spiro atoms. The van der Waals surface area contributed by atoms with Gasteiger partial charge in [-0.3, -0.25) is 0 Å². The standard InChI is InChI=1S/C12H17N/c1-11(7-5-6-10-13)12-8-3-2-4-9-12/h2-5,7-9,11H,6,10,13H2,1H3/b7-5+. The van der Waals surface area contributed by atoms with Crippen molar-refractivity contribution >= 4 is 0 Å². The van der Waals surface area contributed by atoms with Gasteiger partial charge in [0.1, 0.15) is 0 Å². The molecule has 0 aliphatic carbocycles. The zero-order chi connectivity index (χ0) is 9.52. The number of allylic oxidation sites excluding steroid dienone is 1. The second kappa shape index (κ2) is 5.55. The van der Waals surface area contributed by atoms with Crippen LogP contribution in [0.3, 0.4) is 0 Å². The summed E-state index contributed by atoms with van der Waals surface area (Å²) >= 11 is 0. The molecule has 2 N–H and O–H groups in total. The van der Waals surface area contributed by atoms with Gasteiger partial charge in [0.05, 0.1) is 0 Å². The second-order valence-corrected chi connectivity index (χ2v) is 3.20. The first-order valence-corrected chi connectivity index (χ1v) is 4.76. The molecule has 1 rings (SSSR count). The van der Waals surface area contributed by atoms with Gasteiger partial charge in [-0.2, -0.15) is 0 Å². The Bertz CT molecular complexity index is 251. The van der Waals surface area contributed by atoms with Gasteiger partial charge in [0, 0.05) is 0 Å². The van der Waals surface area contributed by atoms with Gasteiger partial charge >= 0.3 is 0 Å². The third-order valence-corrected chi connectivity index (χ3v) is 2.08. The highest BCUT2D eigenvalue weighted by Gasteiger charge is 1.97. The molecular formula is C12H17N. The van der Waals surface area contributed by atoms with Crippen molar-refractivity contribution in [2.24, 2.45) is 5.73 Å². The maximum atomic E-state index is 5.40. The molecular weight excluding hydrogens is 158 g/mol. The Morgan fingerprint density at radius 2 is 2.00 bits per heavy atom. The summed E-state index contributed by atoms with van der Waals surface area (Å²) in [7, 11) is 0. The van der Waals surface area contributed by atoms with E-state index >= 15 is 0 Å². The molecule has 1 nitrogen and oxygen atoms in total. The predicted molar refractivity (Wildman–Crippen MR) is 57.7 cm³/mol. The fraction of sp³-hybridized carbons (Fsp3) is 0.333. The van der Waals surface area contributed by atoms with E-state index in [2.05, 4.69) is 43.3 Å². The minimum Gasteiger partial charge on any atom is -0.330 e. The van der Waals surface area contributed by atoms with E-state index in [1.165, 1.54) is 5.56 Å². The van der Waals surface area contributed by atoms with Gasteiger partial charge in [0.15, 0.2) is 0 Å². The molecule has 1 aromatic carbocycles. The van der Waals surface area contributed by atoms with Crippen LogP contribution in [0.2, 0.25) is 0 Å². The van der Waals surface area contributed by atoms with Crippen LogP contribution in [0.15, 0.2) is 42.5 Å². The number of hydrogen-bond acceptors (Lipinski definition) is 1. The molecule has 0 aliphatic heterocycles. The van der Waals surface area contributed by atoms with E-state index in [0.29, 0.717) is 5.92 Å². The van der Waals surface area contributed by atoms with E-state index in [1.807, 2.05) is 6.07 Å². The minimum absolute atomic E-state index is 0.493. The molecule has 1 unspecified atom stereocenters. The number of hydrogen-bond donors (Lipinski definition) is 1. The lowest BCUT2D eigenvalue weighted by Gasteiger charge is -2.05. The summed E-state index contributed by atoms with van der Waals surface area (Å²) in [5.41, 5.74) is 6.76. The zero-order valence-electron chi connectivity index (χ0n) is 8.11. The Morgan fingerprint density at radius 3 is 2.62 bits per heavy atom. The van der Waals surface area contributed by atoms with Crippen molar-refractivity contribution in [2.75, 3.05) is 6.54 Å². The van der Waals surface area contributed by atoms with Crippen molar-refractivity contribution in [3.05, 3.63) is 48.0 Å². The molecule has 1 heteroatoms. The molecule has 0 aromatic heterocycles. The minimum atomic E-state index is 0.493. The number of benzene rings is 1. The first kappa shape index (κ1) is 10.0. The van der Waals surface area contributed by atoms with E-state index in [4.69, 9.17) is 5.73 Å². The van der Waals surface area contributed by atoms with Gasteiger partial charge in [0.2, 0.25) is 0 Å². The van der Waals surface area contributed by atoms with E-state index < -0.39 is 0 Å². The van der Waals surface area contributed by atoms with Gasteiger partial charge in [-0.1, -0.05) is 49.4 Å². The molecule has 0 saturated heterocycles. The molecule has 0 saturated carbocycles. The smallest absolute Gasteiger partial charge is 0.00104 e. The van der Waals surface area contributed by atoms with E-state index in [9.17, 15) is 0 Å². The maximum absolute atomic E-state index is 5.40. The summed E-state index contributed by atoms with van der Waals surface area (Å²) in [6, 6.07) is 10.5. The third-order valence-electron chi connectivity index (χ3n) is 2.08. The Hall–Kier alpha value is -1.08. The van der Waals surface area contributed by atoms with Crippen LogP contribution in [0, 0.1) is 0 Å². The van der Waals surface area contributed by atoms with Crippen LogP contribution in [0.5, 0.6) is 0 Å². The average molecular weight is 175 g/mol. The second-order valence-electron chi connectivity index (χ2n) is 3.20. The van der Waals surface area contributed by atoms with Crippen molar-refractivity contribution < 1.29 is 0 Å². The van der Waals surface area contributed by atoms with Gasteiger partial charge < -0.3 is 5.73 Å². The normalized spacial score (nSPS) is 13.4. The predicted octanol–water partition coefficient (Wildman–Crippen LogP) is 2.70. The highest BCUT2D eigenvalue weighted by molar-refractivity contribution is 5.22. The fourth-order valence-electron chi connectivity index (χ4n) is 1.26. The molecule has 0 radical (unpaired) electrons. The Balaban J connectivity index is 2.53. The number of rotatable bonds is 4. The third kappa shape index (κ3) is 3.43. The fourth-order valence-corrected chi connectivity index (χ4v) is 1.26. The average Bonchev–Trinajstić information content (AvgIpc) is 2.19. The van der Waals surface area contributed by atoms with Crippen LogP contribution >= 0.6 is 0 Å². The largest absolute Gasteiger partial charge is 0.330 e. The lowest BCUT2D eigenvalue weighted by molar-refractivity contribution is 0.938. The molecule has 1 aromatic rings. The van der Waals surface area contributed by atoms with Crippen LogP contribution in [0.25, 0.3) is 0 Å². The van der Waals surface area contributed by atoms with Gasteiger partial charge in [-0.25, -0.2) is 0 Å². The molecule has 1 atom stereocenters. The van der Waals surface area contributed by atoms with Crippen molar-refractivity contribution in [1.29, 1.82) is 0 Å². The molecule has 0 aliphatic rings. The number of nitrogens with two attached hydrogens (primary N) is 1. The highest BCUT2D eigenvalue weighted by Crippen LogP contribution is 2.15. The van der Waals surface area contributed by atoms with Gasteiger partial charge in [-0.05, 0) is 24.4 Å². The van der Waals surface area contributed by atoms with Crippen molar-refractivity contribution in [3.63, 3.8) is 0 Å². The summed E-state index contributed by atoms with van der Waals surface area (Å²) in [5, 5.41) is 0. The van der Waals surface area contributed by atoms with Crippen molar-refractivity contribution in [1.82, 2.24) is 0 Å².